The molecule has 4 rings (SSSR count). The SMILES string of the molecule is CC1(C(=O)O)CCCN(C(=O)CCCCNC(=O)OCC2c3ccccc3-c3ccccc32)C1. The summed E-state index contributed by atoms with van der Waals surface area (Å²) in [7, 11) is 0. The van der Waals surface area contributed by atoms with Crippen LogP contribution in [0.3, 0.4) is 0 Å². The number of nitrogens with zero attached hydrogens (tertiary/aromatic N) is 1. The fourth-order valence-corrected chi connectivity index (χ4v) is 5.03. The normalized spacial score (nSPS) is 19.3. The van der Waals surface area contributed by atoms with Crippen LogP contribution < -0.4 is 5.32 Å². The number of rotatable bonds is 8. The van der Waals surface area contributed by atoms with Gasteiger partial charge in [-0.15, -0.1) is 0 Å². The number of unbranched alkanes of at least 4 members (excludes halogenated alkanes) is 1. The Hall–Kier alpha value is -3.35. The molecule has 1 unspecified atom stereocenters. The van der Waals surface area contributed by atoms with Crippen molar-refractivity contribution in [3.8, 4) is 11.1 Å². The van der Waals surface area contributed by atoms with Gasteiger partial charge in [-0.05, 0) is 54.9 Å². The maximum Gasteiger partial charge on any atom is 0.407 e. The number of nitrogens with one attached hydrogen (secondary N) is 1. The number of likely N-dealkylation sites (tertiary alicyclic amines) is 1. The van der Waals surface area contributed by atoms with E-state index in [1.807, 2.05) is 24.3 Å². The third kappa shape index (κ3) is 5.08. The zero-order chi connectivity index (χ0) is 24.1. The van der Waals surface area contributed by atoms with Crippen LogP contribution in [0.1, 0.15) is 56.1 Å². The van der Waals surface area contributed by atoms with E-state index in [0.717, 1.165) is 0 Å². The van der Waals surface area contributed by atoms with E-state index in [9.17, 15) is 19.5 Å². The van der Waals surface area contributed by atoms with E-state index in [0.29, 0.717) is 45.2 Å². The van der Waals surface area contributed by atoms with Gasteiger partial charge in [-0.25, -0.2) is 4.79 Å². The van der Waals surface area contributed by atoms with Crippen LogP contribution in [0.25, 0.3) is 11.1 Å². The van der Waals surface area contributed by atoms with Crippen molar-refractivity contribution in [1.29, 1.82) is 0 Å². The summed E-state index contributed by atoms with van der Waals surface area (Å²) in [6, 6.07) is 16.4. The molecule has 7 nitrogen and oxygen atoms in total. The minimum Gasteiger partial charge on any atom is -0.481 e. The molecular formula is C27H32N2O5. The smallest absolute Gasteiger partial charge is 0.407 e. The summed E-state index contributed by atoms with van der Waals surface area (Å²) in [5, 5.41) is 12.2. The minimum absolute atomic E-state index is 0.0201. The lowest BCUT2D eigenvalue weighted by Crippen LogP contribution is -2.48. The van der Waals surface area contributed by atoms with Crippen LogP contribution >= 0.6 is 0 Å². The summed E-state index contributed by atoms with van der Waals surface area (Å²) >= 11 is 0. The van der Waals surface area contributed by atoms with E-state index in [1.54, 1.807) is 11.8 Å². The first-order chi connectivity index (χ1) is 16.4. The van der Waals surface area contributed by atoms with Crippen molar-refractivity contribution < 1.29 is 24.2 Å². The molecule has 2 N–H and O–H groups in total. The van der Waals surface area contributed by atoms with Crippen LogP contribution in [0.15, 0.2) is 48.5 Å². The van der Waals surface area contributed by atoms with Gasteiger partial charge >= 0.3 is 12.1 Å². The number of piperidine rings is 1. The van der Waals surface area contributed by atoms with Gasteiger partial charge in [0, 0.05) is 32.0 Å². The van der Waals surface area contributed by atoms with Crippen molar-refractivity contribution in [2.75, 3.05) is 26.2 Å². The second-order valence-corrected chi connectivity index (χ2v) is 9.49. The highest BCUT2D eigenvalue weighted by Crippen LogP contribution is 2.44. The predicted octanol–water partition coefficient (Wildman–Crippen LogP) is 4.41. The Morgan fingerprint density at radius 2 is 1.71 bits per heavy atom. The summed E-state index contributed by atoms with van der Waals surface area (Å²) in [4.78, 5) is 37.9. The maximum absolute atomic E-state index is 12.5. The van der Waals surface area contributed by atoms with Crippen LogP contribution in [0, 0.1) is 5.41 Å². The van der Waals surface area contributed by atoms with E-state index in [2.05, 4.69) is 29.6 Å². The molecule has 2 aliphatic rings. The lowest BCUT2D eigenvalue weighted by molar-refractivity contribution is -0.153. The Kier molecular flexibility index (Phi) is 7.20. The molecule has 1 aliphatic carbocycles. The van der Waals surface area contributed by atoms with Gasteiger partial charge in [-0.3, -0.25) is 9.59 Å². The van der Waals surface area contributed by atoms with Crippen molar-refractivity contribution in [3.05, 3.63) is 59.7 Å². The Morgan fingerprint density at radius 1 is 1.06 bits per heavy atom. The summed E-state index contributed by atoms with van der Waals surface area (Å²) in [6.45, 7) is 3.28. The van der Waals surface area contributed by atoms with Gasteiger partial charge in [0.1, 0.15) is 6.61 Å². The van der Waals surface area contributed by atoms with Crippen LogP contribution in [-0.2, 0) is 14.3 Å². The van der Waals surface area contributed by atoms with Gasteiger partial charge in [0.05, 0.1) is 5.41 Å². The van der Waals surface area contributed by atoms with E-state index < -0.39 is 17.5 Å². The number of alkyl carbamates (subject to hydrolysis) is 1. The lowest BCUT2D eigenvalue weighted by Gasteiger charge is -2.37. The number of carbonyl (C=O) groups is 3. The van der Waals surface area contributed by atoms with Gasteiger partial charge < -0.3 is 20.1 Å². The molecule has 2 aromatic carbocycles. The number of carboxylic acid groups (broad SMARTS) is 1. The number of benzene rings is 2. The average Bonchev–Trinajstić information content (AvgIpc) is 3.16. The molecule has 2 amide bonds. The van der Waals surface area contributed by atoms with Gasteiger partial charge in [-0.2, -0.15) is 0 Å². The van der Waals surface area contributed by atoms with Crippen LogP contribution in [0.5, 0.6) is 0 Å². The van der Waals surface area contributed by atoms with Gasteiger partial charge in [0.25, 0.3) is 0 Å². The van der Waals surface area contributed by atoms with E-state index in [1.165, 1.54) is 22.3 Å². The Balaban J connectivity index is 1.17. The predicted molar refractivity (Wildman–Crippen MR) is 128 cm³/mol. The standard InChI is InChI=1S/C27H32N2O5/c1-27(25(31)32)14-8-16-29(18-27)24(30)13-6-7-15-28-26(33)34-17-23-21-11-4-2-9-19(21)20-10-3-5-12-22(20)23/h2-5,9-12,23H,6-8,13-18H2,1H3,(H,28,33)(H,31,32). The van der Waals surface area contributed by atoms with Crippen LogP contribution in [-0.4, -0.2) is 54.2 Å². The second-order valence-electron chi connectivity index (χ2n) is 9.49. The number of aliphatic carboxylic acids is 1. The molecule has 7 heteroatoms. The molecule has 0 aromatic heterocycles. The van der Waals surface area contributed by atoms with Crippen molar-refractivity contribution in [2.24, 2.45) is 5.41 Å². The number of carbonyl (C=O) groups excluding carboxylic acids is 2. The maximum atomic E-state index is 12.5. The molecule has 2 aromatic rings. The molecule has 0 radical (unpaired) electrons. The van der Waals surface area contributed by atoms with Crippen molar-refractivity contribution in [2.45, 2.75) is 44.9 Å². The highest BCUT2D eigenvalue weighted by atomic mass is 16.5. The molecule has 1 atom stereocenters. The van der Waals surface area contributed by atoms with Crippen molar-refractivity contribution in [3.63, 3.8) is 0 Å². The molecule has 0 spiro atoms. The fourth-order valence-electron chi connectivity index (χ4n) is 5.03. The highest BCUT2D eigenvalue weighted by molar-refractivity contribution is 5.80. The molecule has 1 fully saturated rings. The number of fused-ring (bicyclic) bond motifs is 3. The third-order valence-electron chi connectivity index (χ3n) is 7.00. The van der Waals surface area contributed by atoms with Crippen molar-refractivity contribution in [1.82, 2.24) is 10.2 Å². The molecule has 34 heavy (non-hydrogen) atoms. The van der Waals surface area contributed by atoms with Gasteiger partial charge in [0.2, 0.25) is 5.91 Å². The molecular weight excluding hydrogens is 432 g/mol. The quantitative estimate of drug-likeness (QED) is 0.564. The zero-order valence-corrected chi connectivity index (χ0v) is 19.6. The first-order valence-corrected chi connectivity index (χ1v) is 12.0. The van der Waals surface area contributed by atoms with Gasteiger partial charge in [0.15, 0.2) is 0 Å². The number of hydrogen-bond acceptors (Lipinski definition) is 4. The van der Waals surface area contributed by atoms with Crippen LogP contribution in [0.4, 0.5) is 4.79 Å². The topological polar surface area (TPSA) is 95.9 Å². The van der Waals surface area contributed by atoms with E-state index in [4.69, 9.17) is 4.74 Å². The highest BCUT2D eigenvalue weighted by Gasteiger charge is 2.39. The summed E-state index contributed by atoms with van der Waals surface area (Å²) in [5.74, 6) is -0.845. The average molecular weight is 465 g/mol. The lowest BCUT2D eigenvalue weighted by atomic mass is 9.82. The monoisotopic (exact) mass is 464 g/mol. The van der Waals surface area contributed by atoms with Crippen molar-refractivity contribution >= 4 is 18.0 Å². The second kappa shape index (κ2) is 10.3. The molecule has 1 heterocycles. The first kappa shape index (κ1) is 23.8. The summed E-state index contributed by atoms with van der Waals surface area (Å²) in [5.41, 5.74) is 3.86. The largest absolute Gasteiger partial charge is 0.481 e. The summed E-state index contributed by atoms with van der Waals surface area (Å²) < 4.78 is 5.53. The Labute approximate surface area is 200 Å². The molecule has 180 valence electrons. The molecule has 1 aliphatic heterocycles. The number of ether oxygens (including phenoxy) is 1. The zero-order valence-electron chi connectivity index (χ0n) is 19.6. The van der Waals surface area contributed by atoms with E-state index in [-0.39, 0.29) is 25.0 Å². The number of hydrogen-bond donors (Lipinski definition) is 2. The van der Waals surface area contributed by atoms with E-state index >= 15 is 0 Å². The Morgan fingerprint density at radius 3 is 2.35 bits per heavy atom. The van der Waals surface area contributed by atoms with Crippen LogP contribution in [0.2, 0.25) is 0 Å². The Bertz CT molecular complexity index is 1020. The third-order valence-corrected chi connectivity index (χ3v) is 7.00. The number of carboxylic acids is 1. The first-order valence-electron chi connectivity index (χ1n) is 12.0. The number of amides is 2. The molecule has 0 saturated carbocycles. The fraction of sp³-hybridized carbons (Fsp3) is 0.444. The van der Waals surface area contributed by atoms with Gasteiger partial charge in [-0.1, -0.05) is 48.5 Å². The molecule has 1 saturated heterocycles. The summed E-state index contributed by atoms with van der Waals surface area (Å²) in [6.07, 6.45) is 2.47. The molecule has 0 bridgehead atoms. The minimum atomic E-state index is -0.862.